The number of hydrogen-bond acceptors (Lipinski definition) is 3. The highest BCUT2D eigenvalue weighted by Gasteiger charge is 2.51. The van der Waals surface area contributed by atoms with Gasteiger partial charge in [0.25, 0.3) is 0 Å². The molecule has 2 rings (SSSR count). The van der Waals surface area contributed by atoms with E-state index < -0.39 is 8.32 Å². The summed E-state index contributed by atoms with van der Waals surface area (Å²) in [6, 6.07) is 0. The van der Waals surface area contributed by atoms with Crippen LogP contribution in [0.3, 0.4) is 0 Å². The lowest BCUT2D eigenvalue weighted by Crippen LogP contribution is -2.42. The molecule has 2 fully saturated rings. The Morgan fingerprint density at radius 3 is 2.60 bits per heavy atom. The standard InChI is InChI=1S/C16H30O3Si/c1-15(2,3)20(5,6)18-11-12-10-16(4)13(17)8-7-9-14(16)19-12/h12,14H,7-11H2,1-6H3/t12-,14+,16-/m0/s1. The monoisotopic (exact) mass is 298 g/mol. The predicted molar refractivity (Wildman–Crippen MR) is 83.4 cm³/mol. The molecule has 0 N–H and O–H groups in total. The van der Waals surface area contributed by atoms with Crippen LogP contribution in [0.25, 0.3) is 0 Å². The summed E-state index contributed by atoms with van der Waals surface area (Å²) in [7, 11) is -1.73. The number of ketones is 1. The third kappa shape index (κ3) is 2.88. The van der Waals surface area contributed by atoms with Crippen LogP contribution in [0.1, 0.15) is 53.4 Å². The zero-order valence-electron chi connectivity index (χ0n) is 13.9. The Morgan fingerprint density at radius 2 is 2.05 bits per heavy atom. The largest absolute Gasteiger partial charge is 0.414 e. The molecule has 0 bridgehead atoms. The van der Waals surface area contributed by atoms with Gasteiger partial charge in [0.05, 0.1) is 24.2 Å². The van der Waals surface area contributed by atoms with Crippen molar-refractivity contribution in [2.75, 3.05) is 6.61 Å². The molecule has 3 atom stereocenters. The first-order valence-electron chi connectivity index (χ1n) is 7.89. The minimum Gasteiger partial charge on any atom is -0.414 e. The number of carbonyl (C=O) groups excluding carboxylic acids is 1. The van der Waals surface area contributed by atoms with Gasteiger partial charge >= 0.3 is 0 Å². The maximum absolute atomic E-state index is 12.2. The van der Waals surface area contributed by atoms with E-state index in [0.29, 0.717) is 12.4 Å². The fourth-order valence-electron chi connectivity index (χ4n) is 3.06. The molecular formula is C16H30O3Si. The minimum absolute atomic E-state index is 0.0983. The van der Waals surface area contributed by atoms with E-state index in [9.17, 15) is 4.79 Å². The summed E-state index contributed by atoms with van der Waals surface area (Å²) in [5.41, 5.74) is -0.250. The van der Waals surface area contributed by atoms with Crippen molar-refractivity contribution in [1.82, 2.24) is 0 Å². The molecule has 0 aromatic heterocycles. The second kappa shape index (κ2) is 5.22. The van der Waals surface area contributed by atoms with Gasteiger partial charge in [0, 0.05) is 6.42 Å². The van der Waals surface area contributed by atoms with Crippen molar-refractivity contribution in [3.8, 4) is 0 Å². The highest BCUT2D eigenvalue weighted by Crippen LogP contribution is 2.46. The number of ether oxygens (including phenoxy) is 1. The molecule has 0 spiro atoms. The molecule has 1 saturated carbocycles. The maximum Gasteiger partial charge on any atom is 0.192 e. The van der Waals surface area contributed by atoms with Crippen molar-refractivity contribution in [2.24, 2.45) is 5.41 Å². The second-order valence-electron chi connectivity index (χ2n) is 8.26. The predicted octanol–water partition coefficient (Wildman–Crippen LogP) is 3.93. The number of Topliss-reactive ketones (excluding diaryl/α,β-unsaturated/α-hetero) is 1. The molecule has 1 aliphatic carbocycles. The van der Waals surface area contributed by atoms with Gasteiger partial charge in [-0.3, -0.25) is 4.79 Å². The molecule has 1 aliphatic heterocycles. The lowest BCUT2D eigenvalue weighted by molar-refractivity contribution is -0.134. The molecule has 4 heteroatoms. The van der Waals surface area contributed by atoms with Gasteiger partial charge in [0.1, 0.15) is 5.78 Å². The van der Waals surface area contributed by atoms with Crippen molar-refractivity contribution >= 4 is 14.1 Å². The highest BCUT2D eigenvalue weighted by molar-refractivity contribution is 6.74. The van der Waals surface area contributed by atoms with E-state index in [1.54, 1.807) is 0 Å². The van der Waals surface area contributed by atoms with Gasteiger partial charge in [-0.05, 0) is 37.4 Å². The fraction of sp³-hybridized carbons (Fsp3) is 0.938. The van der Waals surface area contributed by atoms with Crippen molar-refractivity contribution in [3.63, 3.8) is 0 Å². The van der Waals surface area contributed by atoms with Gasteiger partial charge in [-0.25, -0.2) is 0 Å². The number of rotatable bonds is 3. The zero-order valence-corrected chi connectivity index (χ0v) is 14.9. The second-order valence-corrected chi connectivity index (χ2v) is 13.1. The Balaban J connectivity index is 1.95. The smallest absolute Gasteiger partial charge is 0.192 e. The van der Waals surface area contributed by atoms with Gasteiger partial charge in [0.2, 0.25) is 0 Å². The summed E-state index contributed by atoms with van der Waals surface area (Å²) in [6.45, 7) is 14.0. The summed E-state index contributed by atoms with van der Waals surface area (Å²) in [4.78, 5) is 12.2. The van der Waals surface area contributed by atoms with Crippen molar-refractivity contribution in [1.29, 1.82) is 0 Å². The molecule has 2 aliphatic rings. The molecule has 0 unspecified atom stereocenters. The lowest BCUT2D eigenvalue weighted by Gasteiger charge is -2.36. The maximum atomic E-state index is 12.2. The molecule has 0 amide bonds. The molecule has 116 valence electrons. The van der Waals surface area contributed by atoms with E-state index in [2.05, 4.69) is 40.8 Å². The van der Waals surface area contributed by atoms with E-state index in [4.69, 9.17) is 9.16 Å². The van der Waals surface area contributed by atoms with Crippen LogP contribution in [0, 0.1) is 5.41 Å². The van der Waals surface area contributed by atoms with E-state index in [-0.39, 0.29) is 22.7 Å². The topological polar surface area (TPSA) is 35.5 Å². The quantitative estimate of drug-likeness (QED) is 0.741. The number of carbonyl (C=O) groups is 1. The molecule has 0 aromatic rings. The first-order valence-corrected chi connectivity index (χ1v) is 10.8. The summed E-state index contributed by atoms with van der Waals surface area (Å²) >= 11 is 0. The van der Waals surface area contributed by atoms with E-state index in [0.717, 1.165) is 25.7 Å². The van der Waals surface area contributed by atoms with Crippen molar-refractivity contribution < 1.29 is 14.0 Å². The van der Waals surface area contributed by atoms with Crippen LogP contribution < -0.4 is 0 Å². The average molecular weight is 298 g/mol. The van der Waals surface area contributed by atoms with Crippen LogP contribution >= 0.6 is 0 Å². The summed E-state index contributed by atoms with van der Waals surface area (Å²) in [6.07, 6.45) is 3.79. The molecular weight excluding hydrogens is 268 g/mol. The Bertz CT molecular complexity index is 386. The molecule has 0 aromatic carbocycles. The lowest BCUT2D eigenvalue weighted by atomic mass is 9.71. The first kappa shape index (κ1) is 16.2. The summed E-state index contributed by atoms with van der Waals surface area (Å²) in [5.74, 6) is 0.392. The number of hydrogen-bond donors (Lipinski definition) is 0. The first-order chi connectivity index (χ1) is 9.06. The van der Waals surface area contributed by atoms with Crippen LogP contribution in [0.5, 0.6) is 0 Å². The zero-order chi connectivity index (χ0) is 15.2. The third-order valence-corrected chi connectivity index (χ3v) is 10.2. The molecule has 1 heterocycles. The third-order valence-electron chi connectivity index (χ3n) is 5.66. The Labute approximate surface area is 124 Å². The molecule has 0 radical (unpaired) electrons. The average Bonchev–Trinajstić information content (AvgIpc) is 2.64. The van der Waals surface area contributed by atoms with Crippen LogP contribution in [-0.2, 0) is 14.0 Å². The van der Waals surface area contributed by atoms with Crippen LogP contribution in [-0.4, -0.2) is 32.9 Å². The number of fused-ring (bicyclic) bond motifs is 1. The highest BCUT2D eigenvalue weighted by atomic mass is 28.4. The Morgan fingerprint density at radius 1 is 1.40 bits per heavy atom. The normalized spacial score (nSPS) is 35.2. The van der Waals surface area contributed by atoms with Crippen LogP contribution in [0.15, 0.2) is 0 Å². The SMILES string of the molecule is CC(C)(C)[Si](C)(C)OC[C@@H]1C[C@@]2(C)C(=O)CCC[C@H]2O1. The van der Waals surface area contributed by atoms with Crippen LogP contribution in [0.2, 0.25) is 18.1 Å². The van der Waals surface area contributed by atoms with Gasteiger partial charge in [0.15, 0.2) is 8.32 Å². The van der Waals surface area contributed by atoms with Gasteiger partial charge in [-0.15, -0.1) is 0 Å². The van der Waals surface area contributed by atoms with Crippen molar-refractivity contribution in [3.05, 3.63) is 0 Å². The summed E-state index contributed by atoms with van der Waals surface area (Å²) < 4.78 is 12.4. The molecule has 3 nitrogen and oxygen atoms in total. The van der Waals surface area contributed by atoms with Gasteiger partial charge < -0.3 is 9.16 Å². The van der Waals surface area contributed by atoms with Crippen LogP contribution in [0.4, 0.5) is 0 Å². The van der Waals surface area contributed by atoms with Gasteiger partial charge in [-0.2, -0.15) is 0 Å². The fourth-order valence-corrected chi connectivity index (χ4v) is 4.10. The molecule has 20 heavy (non-hydrogen) atoms. The van der Waals surface area contributed by atoms with E-state index in [1.807, 2.05) is 0 Å². The molecule has 1 saturated heterocycles. The van der Waals surface area contributed by atoms with Crippen molar-refractivity contribution in [2.45, 2.75) is 83.7 Å². The minimum atomic E-state index is -1.73. The van der Waals surface area contributed by atoms with E-state index in [1.165, 1.54) is 0 Å². The Hall–Kier alpha value is -0.193. The van der Waals surface area contributed by atoms with Gasteiger partial charge in [-0.1, -0.05) is 27.7 Å². The Kier molecular flexibility index (Phi) is 4.22. The summed E-state index contributed by atoms with van der Waals surface area (Å²) in [5, 5.41) is 0.220. The van der Waals surface area contributed by atoms with E-state index >= 15 is 0 Å².